The third-order valence-corrected chi connectivity index (χ3v) is 6.94. The van der Waals surface area contributed by atoms with Gasteiger partial charge in [0.25, 0.3) is 15.9 Å². The summed E-state index contributed by atoms with van der Waals surface area (Å²) in [5.41, 5.74) is 0.453. The fraction of sp³-hybridized carbons (Fsp3) is 0.150. The Morgan fingerprint density at radius 3 is 2.76 bits per heavy atom. The van der Waals surface area contributed by atoms with Crippen LogP contribution in [0.15, 0.2) is 53.7 Å². The number of rotatable bonds is 6. The quantitative estimate of drug-likeness (QED) is 0.398. The number of ether oxygens (including phenoxy) is 1. The number of nitrogens with one attached hydrogen (secondary N) is 3. The molecule has 4 N–H and O–H groups in total. The number of carbonyl (C=O) groups is 2. The molecule has 2 amide bonds. The molecule has 0 spiro atoms. The molecule has 2 aromatic carbocycles. The number of carboxylic acid groups (broad SMARTS) is 1. The van der Waals surface area contributed by atoms with Crippen LogP contribution in [0.5, 0.6) is 5.75 Å². The van der Waals surface area contributed by atoms with Crippen molar-refractivity contribution < 1.29 is 32.2 Å². The Hall–Kier alpha value is -3.84. The zero-order valence-electron chi connectivity index (χ0n) is 17.2. The van der Waals surface area contributed by atoms with Gasteiger partial charge in [0.15, 0.2) is 0 Å². The molecule has 11 nitrogen and oxygen atoms in total. The van der Waals surface area contributed by atoms with Crippen LogP contribution in [0.25, 0.3) is 0 Å². The molecule has 0 fully saturated rings. The highest BCUT2D eigenvalue weighted by atomic mass is 35.5. The van der Waals surface area contributed by atoms with Crippen LogP contribution in [0.4, 0.5) is 20.6 Å². The lowest BCUT2D eigenvalue weighted by molar-refractivity contribution is 0.0928. The van der Waals surface area contributed by atoms with E-state index < -0.39 is 33.9 Å². The Kier molecular flexibility index (Phi) is 6.30. The molecular formula is C20H17ClFN5O6S. The summed E-state index contributed by atoms with van der Waals surface area (Å²) in [6, 6.07) is 7.09. The number of carbonyl (C=O) groups excluding carboxylic acids is 1. The maximum Gasteiger partial charge on any atom is 0.409 e. The van der Waals surface area contributed by atoms with Gasteiger partial charge in [0.05, 0.1) is 40.5 Å². The lowest BCUT2D eigenvalue weighted by Crippen LogP contribution is -2.48. The zero-order valence-corrected chi connectivity index (χ0v) is 18.7. The number of benzene rings is 2. The van der Waals surface area contributed by atoms with E-state index >= 15 is 0 Å². The molecule has 1 aromatic heterocycles. The summed E-state index contributed by atoms with van der Waals surface area (Å²) in [7, 11) is -4.28. The van der Waals surface area contributed by atoms with Gasteiger partial charge >= 0.3 is 6.09 Å². The summed E-state index contributed by atoms with van der Waals surface area (Å²) in [4.78, 5) is 23.0. The molecular weight excluding hydrogens is 493 g/mol. The number of H-pyrrole nitrogens is 1. The van der Waals surface area contributed by atoms with Gasteiger partial charge < -0.3 is 15.2 Å². The van der Waals surface area contributed by atoms with E-state index in [0.29, 0.717) is 0 Å². The molecule has 178 valence electrons. The van der Waals surface area contributed by atoms with Crippen molar-refractivity contribution in [2.45, 2.75) is 11.0 Å². The first-order chi connectivity index (χ1) is 16.1. The highest BCUT2D eigenvalue weighted by Crippen LogP contribution is 2.39. The number of fused-ring (bicyclic) bond motifs is 1. The van der Waals surface area contributed by atoms with Gasteiger partial charge in [-0.2, -0.15) is 5.10 Å². The van der Waals surface area contributed by atoms with E-state index in [1.807, 2.05) is 0 Å². The molecule has 4 rings (SSSR count). The minimum atomic E-state index is -4.28. The zero-order chi connectivity index (χ0) is 24.5. The second-order valence-electron chi connectivity index (χ2n) is 7.16. The largest absolute Gasteiger partial charge is 0.484 e. The molecule has 3 aromatic rings. The van der Waals surface area contributed by atoms with Crippen LogP contribution in [0.2, 0.25) is 5.02 Å². The molecule has 1 unspecified atom stereocenters. The van der Waals surface area contributed by atoms with Crippen molar-refractivity contribution in [2.24, 2.45) is 0 Å². The number of aromatic nitrogens is 2. The molecule has 2 heterocycles. The van der Waals surface area contributed by atoms with Crippen molar-refractivity contribution in [3.05, 3.63) is 65.2 Å². The Morgan fingerprint density at radius 2 is 2.09 bits per heavy atom. The van der Waals surface area contributed by atoms with Crippen molar-refractivity contribution in [1.82, 2.24) is 15.5 Å². The van der Waals surface area contributed by atoms with Gasteiger partial charge in [-0.3, -0.25) is 19.5 Å². The smallest absolute Gasteiger partial charge is 0.409 e. The van der Waals surface area contributed by atoms with Crippen LogP contribution in [0, 0.1) is 5.82 Å². The summed E-state index contributed by atoms with van der Waals surface area (Å²) < 4.78 is 47.4. The summed E-state index contributed by atoms with van der Waals surface area (Å²) in [5, 5.41) is 19.6. The monoisotopic (exact) mass is 509 g/mol. The Balaban J connectivity index is 1.67. The second kappa shape index (κ2) is 9.19. The van der Waals surface area contributed by atoms with Crippen molar-refractivity contribution in [1.29, 1.82) is 0 Å². The van der Waals surface area contributed by atoms with Gasteiger partial charge in [-0.05, 0) is 36.4 Å². The van der Waals surface area contributed by atoms with Gasteiger partial charge in [0, 0.05) is 11.9 Å². The topological polar surface area (TPSA) is 154 Å². The van der Waals surface area contributed by atoms with Crippen LogP contribution in [-0.2, 0) is 10.0 Å². The molecule has 0 aliphatic carbocycles. The van der Waals surface area contributed by atoms with E-state index in [1.54, 1.807) is 0 Å². The highest BCUT2D eigenvalue weighted by Gasteiger charge is 2.35. The minimum Gasteiger partial charge on any atom is -0.484 e. The lowest BCUT2D eigenvalue weighted by Gasteiger charge is -2.35. The molecule has 1 aliphatic heterocycles. The lowest BCUT2D eigenvalue weighted by atomic mass is 10.2. The van der Waals surface area contributed by atoms with Gasteiger partial charge in [-0.15, -0.1) is 0 Å². The van der Waals surface area contributed by atoms with Crippen LogP contribution >= 0.6 is 11.6 Å². The van der Waals surface area contributed by atoms with E-state index in [2.05, 4.69) is 20.8 Å². The molecule has 1 atom stereocenters. The highest BCUT2D eigenvalue weighted by molar-refractivity contribution is 7.92. The van der Waals surface area contributed by atoms with Gasteiger partial charge in [0.2, 0.25) is 0 Å². The number of hydrogen-bond donors (Lipinski definition) is 4. The summed E-state index contributed by atoms with van der Waals surface area (Å²) in [6.45, 7) is -0.276. The molecule has 0 bridgehead atoms. The van der Waals surface area contributed by atoms with Gasteiger partial charge in [-0.1, -0.05) is 11.6 Å². The molecule has 0 saturated carbocycles. The van der Waals surface area contributed by atoms with Crippen molar-refractivity contribution >= 4 is 45.0 Å². The van der Waals surface area contributed by atoms with E-state index in [1.165, 1.54) is 30.6 Å². The van der Waals surface area contributed by atoms with Crippen LogP contribution in [-0.4, -0.2) is 54.9 Å². The fourth-order valence-electron chi connectivity index (χ4n) is 3.30. The van der Waals surface area contributed by atoms with Crippen molar-refractivity contribution in [3.8, 4) is 5.75 Å². The number of aromatic amines is 1. The SMILES string of the molecule is O=C(O)Nc1ccc2c(c1)N(S(=O)(=O)c1ccc(F)c(Cl)c1)CC(CNC(=O)c1cn[nH]c1)O2. The number of halogens is 2. The molecule has 1 aliphatic rings. The molecule has 34 heavy (non-hydrogen) atoms. The van der Waals surface area contributed by atoms with E-state index in [-0.39, 0.29) is 45.7 Å². The van der Waals surface area contributed by atoms with Crippen molar-refractivity contribution in [2.75, 3.05) is 22.7 Å². The van der Waals surface area contributed by atoms with Crippen LogP contribution < -0.4 is 19.7 Å². The van der Waals surface area contributed by atoms with Gasteiger partial charge in [0.1, 0.15) is 17.7 Å². The predicted molar refractivity (Wildman–Crippen MR) is 119 cm³/mol. The average molecular weight is 510 g/mol. The van der Waals surface area contributed by atoms with Crippen LogP contribution in [0.3, 0.4) is 0 Å². The number of anilines is 2. The Bertz CT molecular complexity index is 1350. The van der Waals surface area contributed by atoms with E-state index in [4.69, 9.17) is 21.4 Å². The third-order valence-electron chi connectivity index (χ3n) is 4.87. The normalized spacial score (nSPS) is 15.2. The summed E-state index contributed by atoms with van der Waals surface area (Å²) in [6.07, 6.45) is 0.597. The summed E-state index contributed by atoms with van der Waals surface area (Å²) in [5.74, 6) is -1.08. The second-order valence-corrected chi connectivity index (χ2v) is 9.43. The first-order valence-electron chi connectivity index (χ1n) is 9.70. The third kappa shape index (κ3) is 4.75. The van der Waals surface area contributed by atoms with E-state index in [0.717, 1.165) is 22.5 Å². The maximum absolute atomic E-state index is 13.6. The van der Waals surface area contributed by atoms with Crippen LogP contribution in [0.1, 0.15) is 10.4 Å². The minimum absolute atomic E-state index is 0.0469. The summed E-state index contributed by atoms with van der Waals surface area (Å²) >= 11 is 5.79. The predicted octanol–water partition coefficient (Wildman–Crippen LogP) is 2.68. The molecule has 14 heteroatoms. The number of hydrogen-bond acceptors (Lipinski definition) is 6. The standard InChI is InChI=1S/C20H17ClFN5O6S/c21-15-6-14(2-3-16(15)22)34(31,32)27-10-13(9-23-19(28)11-7-24-25-8-11)33-18-4-1-12(5-17(18)27)26-20(29)30/h1-8,13,26H,9-10H2,(H,23,28)(H,24,25)(H,29,30). The Labute approximate surface area is 197 Å². The first kappa shape index (κ1) is 23.3. The molecule has 0 saturated heterocycles. The first-order valence-corrected chi connectivity index (χ1v) is 11.5. The van der Waals surface area contributed by atoms with Crippen molar-refractivity contribution in [3.63, 3.8) is 0 Å². The average Bonchev–Trinajstić information content (AvgIpc) is 3.33. The van der Waals surface area contributed by atoms with E-state index in [9.17, 15) is 22.4 Å². The number of amides is 2. The fourth-order valence-corrected chi connectivity index (χ4v) is 5.07. The van der Waals surface area contributed by atoms with Gasteiger partial charge in [-0.25, -0.2) is 17.6 Å². The number of sulfonamides is 1. The molecule has 0 radical (unpaired) electrons. The Morgan fingerprint density at radius 1 is 1.29 bits per heavy atom. The number of nitrogens with zero attached hydrogens (tertiary/aromatic N) is 2. The maximum atomic E-state index is 13.6.